The van der Waals surface area contributed by atoms with E-state index < -0.39 is 10.0 Å². The maximum absolute atomic E-state index is 13.4. The number of hydrogen-bond donors (Lipinski definition) is 0. The Labute approximate surface area is 208 Å². The summed E-state index contributed by atoms with van der Waals surface area (Å²) >= 11 is 0. The number of nitrogens with zero attached hydrogens (tertiary/aromatic N) is 3. The largest absolute Gasteiger partial charge is 0.340 e. The van der Waals surface area contributed by atoms with Crippen molar-refractivity contribution in [3.8, 4) is 0 Å². The van der Waals surface area contributed by atoms with Crippen LogP contribution in [0.5, 0.6) is 0 Å². The highest BCUT2D eigenvalue weighted by Gasteiger charge is 2.27. The van der Waals surface area contributed by atoms with Gasteiger partial charge in [0.25, 0.3) is 0 Å². The topological polar surface area (TPSA) is 60.9 Å². The van der Waals surface area contributed by atoms with Gasteiger partial charge in [0.1, 0.15) is 0 Å². The van der Waals surface area contributed by atoms with E-state index in [1.165, 1.54) is 9.87 Å². The Kier molecular flexibility index (Phi) is 8.33. The van der Waals surface area contributed by atoms with Crippen LogP contribution in [0.4, 0.5) is 0 Å². The molecule has 0 unspecified atom stereocenters. The van der Waals surface area contributed by atoms with Crippen LogP contribution in [-0.2, 0) is 27.9 Å². The summed E-state index contributed by atoms with van der Waals surface area (Å²) < 4.78 is 28.3. The smallest absolute Gasteiger partial charge is 0.243 e. The predicted octanol–water partition coefficient (Wildman–Crippen LogP) is 3.92. The zero-order valence-electron chi connectivity index (χ0n) is 20.2. The van der Waals surface area contributed by atoms with Gasteiger partial charge in [0.2, 0.25) is 15.9 Å². The Balaban J connectivity index is 1.38. The fraction of sp³-hybridized carbons (Fsp3) is 0.321. The summed E-state index contributed by atoms with van der Waals surface area (Å²) in [5.74, 6) is 0.00142. The summed E-state index contributed by atoms with van der Waals surface area (Å²) in [6.45, 7) is 6.14. The average Bonchev–Trinajstić information content (AvgIpc) is 2.88. The van der Waals surface area contributed by atoms with E-state index in [1.54, 1.807) is 24.3 Å². The first-order valence-corrected chi connectivity index (χ1v) is 13.5. The second-order valence-electron chi connectivity index (χ2n) is 9.03. The molecule has 3 aromatic carbocycles. The van der Waals surface area contributed by atoms with Gasteiger partial charge in [-0.05, 0) is 30.2 Å². The van der Waals surface area contributed by atoms with Crippen LogP contribution < -0.4 is 0 Å². The summed E-state index contributed by atoms with van der Waals surface area (Å²) in [4.78, 5) is 17.5. The van der Waals surface area contributed by atoms with Crippen molar-refractivity contribution in [2.45, 2.75) is 31.3 Å². The van der Waals surface area contributed by atoms with Crippen molar-refractivity contribution in [3.05, 3.63) is 102 Å². The SMILES string of the molecule is Cc1ccc(S(=O)(=O)N(CCC(=O)N2CCN(Cc3ccccc3)CC2)Cc2ccccc2)cc1. The molecule has 3 aromatic rings. The number of sulfonamides is 1. The van der Waals surface area contributed by atoms with E-state index in [4.69, 9.17) is 0 Å². The lowest BCUT2D eigenvalue weighted by molar-refractivity contribution is -0.133. The minimum Gasteiger partial charge on any atom is -0.340 e. The monoisotopic (exact) mass is 491 g/mol. The normalized spacial score (nSPS) is 14.9. The van der Waals surface area contributed by atoms with E-state index in [9.17, 15) is 13.2 Å². The number of piperazine rings is 1. The van der Waals surface area contributed by atoms with Crippen molar-refractivity contribution >= 4 is 15.9 Å². The number of aryl methyl sites for hydroxylation is 1. The highest BCUT2D eigenvalue weighted by molar-refractivity contribution is 7.89. The maximum Gasteiger partial charge on any atom is 0.243 e. The van der Waals surface area contributed by atoms with Gasteiger partial charge in [0, 0.05) is 52.2 Å². The van der Waals surface area contributed by atoms with Crippen molar-refractivity contribution in [1.29, 1.82) is 0 Å². The molecule has 0 saturated carbocycles. The van der Waals surface area contributed by atoms with Crippen LogP contribution in [-0.4, -0.2) is 61.2 Å². The summed E-state index contributed by atoms with van der Waals surface area (Å²) in [5, 5.41) is 0. The molecule has 1 aliphatic rings. The van der Waals surface area contributed by atoms with Crippen molar-refractivity contribution in [2.24, 2.45) is 0 Å². The third-order valence-electron chi connectivity index (χ3n) is 6.41. The van der Waals surface area contributed by atoms with Gasteiger partial charge in [-0.15, -0.1) is 0 Å². The molecule has 0 bridgehead atoms. The molecule has 4 rings (SSSR count). The minimum atomic E-state index is -3.73. The van der Waals surface area contributed by atoms with Gasteiger partial charge in [-0.1, -0.05) is 78.4 Å². The number of hydrogen-bond acceptors (Lipinski definition) is 4. The van der Waals surface area contributed by atoms with Crippen LogP contribution in [0.15, 0.2) is 89.8 Å². The Bertz CT molecular complexity index is 1190. The van der Waals surface area contributed by atoms with Gasteiger partial charge >= 0.3 is 0 Å². The zero-order chi connectivity index (χ0) is 24.7. The molecule has 7 heteroatoms. The zero-order valence-corrected chi connectivity index (χ0v) is 21.0. The van der Waals surface area contributed by atoms with Crippen LogP contribution in [0.2, 0.25) is 0 Å². The lowest BCUT2D eigenvalue weighted by atomic mass is 10.2. The summed E-state index contributed by atoms with van der Waals surface area (Å²) in [6, 6.07) is 26.7. The van der Waals surface area contributed by atoms with Gasteiger partial charge in [-0.2, -0.15) is 4.31 Å². The molecule has 0 aromatic heterocycles. The third kappa shape index (κ3) is 6.78. The number of amides is 1. The first-order valence-electron chi connectivity index (χ1n) is 12.1. The van der Waals surface area contributed by atoms with Crippen molar-refractivity contribution < 1.29 is 13.2 Å². The minimum absolute atomic E-state index is 0.00142. The lowest BCUT2D eigenvalue weighted by Gasteiger charge is -2.35. The maximum atomic E-state index is 13.4. The Hall–Kier alpha value is -3.00. The van der Waals surface area contributed by atoms with Gasteiger partial charge in [-0.25, -0.2) is 8.42 Å². The van der Waals surface area contributed by atoms with E-state index in [2.05, 4.69) is 17.0 Å². The van der Waals surface area contributed by atoms with Crippen LogP contribution in [0.25, 0.3) is 0 Å². The second-order valence-corrected chi connectivity index (χ2v) is 11.0. The molecule has 1 fully saturated rings. The molecule has 184 valence electrons. The fourth-order valence-electron chi connectivity index (χ4n) is 4.31. The molecule has 1 aliphatic heterocycles. The van der Waals surface area contributed by atoms with E-state index in [1.807, 2.05) is 60.4 Å². The van der Waals surface area contributed by atoms with E-state index in [0.717, 1.165) is 30.8 Å². The van der Waals surface area contributed by atoms with Gasteiger partial charge in [0.05, 0.1) is 4.90 Å². The van der Waals surface area contributed by atoms with E-state index >= 15 is 0 Å². The molecular formula is C28H33N3O3S. The molecular weight excluding hydrogens is 458 g/mol. The Morgan fingerprint density at radius 3 is 1.97 bits per heavy atom. The average molecular weight is 492 g/mol. The molecule has 0 radical (unpaired) electrons. The molecule has 1 amide bonds. The van der Waals surface area contributed by atoms with Crippen molar-refractivity contribution in [3.63, 3.8) is 0 Å². The standard InChI is InChI=1S/C28H33N3O3S/c1-24-12-14-27(15-13-24)35(33,34)31(23-26-10-6-3-7-11-26)17-16-28(32)30-20-18-29(19-21-30)22-25-8-4-2-5-9-25/h2-15H,16-23H2,1H3. The molecule has 0 aliphatic carbocycles. The molecule has 6 nitrogen and oxygen atoms in total. The Morgan fingerprint density at radius 1 is 0.800 bits per heavy atom. The molecule has 1 heterocycles. The molecule has 35 heavy (non-hydrogen) atoms. The lowest BCUT2D eigenvalue weighted by Crippen LogP contribution is -2.48. The van der Waals surface area contributed by atoms with Crippen LogP contribution >= 0.6 is 0 Å². The first-order chi connectivity index (χ1) is 16.9. The van der Waals surface area contributed by atoms with Gasteiger partial charge in [0.15, 0.2) is 0 Å². The quantitative estimate of drug-likeness (QED) is 0.455. The number of benzene rings is 3. The molecule has 0 N–H and O–H groups in total. The van der Waals surface area contributed by atoms with E-state index in [0.29, 0.717) is 13.1 Å². The second kappa shape index (κ2) is 11.6. The number of carbonyl (C=O) groups is 1. The summed E-state index contributed by atoms with van der Waals surface area (Å²) in [6.07, 6.45) is 0.163. The predicted molar refractivity (Wildman–Crippen MR) is 138 cm³/mol. The summed E-state index contributed by atoms with van der Waals surface area (Å²) in [7, 11) is -3.73. The molecule has 0 spiro atoms. The third-order valence-corrected chi connectivity index (χ3v) is 8.27. The highest BCUT2D eigenvalue weighted by Crippen LogP contribution is 2.20. The van der Waals surface area contributed by atoms with Crippen LogP contribution in [0.3, 0.4) is 0 Å². The number of rotatable bonds is 9. The van der Waals surface area contributed by atoms with Crippen molar-refractivity contribution in [1.82, 2.24) is 14.1 Å². The van der Waals surface area contributed by atoms with Crippen LogP contribution in [0.1, 0.15) is 23.1 Å². The van der Waals surface area contributed by atoms with Gasteiger partial charge < -0.3 is 4.90 Å². The fourth-order valence-corrected chi connectivity index (χ4v) is 5.73. The number of carbonyl (C=O) groups excluding carboxylic acids is 1. The summed E-state index contributed by atoms with van der Waals surface area (Å²) in [5.41, 5.74) is 3.16. The van der Waals surface area contributed by atoms with E-state index in [-0.39, 0.29) is 30.3 Å². The van der Waals surface area contributed by atoms with Crippen molar-refractivity contribution in [2.75, 3.05) is 32.7 Å². The first kappa shape index (κ1) is 25.1. The molecule has 0 atom stereocenters. The van der Waals surface area contributed by atoms with Gasteiger partial charge in [-0.3, -0.25) is 9.69 Å². The highest BCUT2D eigenvalue weighted by atomic mass is 32.2. The molecule has 1 saturated heterocycles. The van der Waals surface area contributed by atoms with Crippen LogP contribution in [0, 0.1) is 6.92 Å². The Morgan fingerprint density at radius 2 is 1.37 bits per heavy atom.